The van der Waals surface area contributed by atoms with Crippen molar-refractivity contribution in [1.29, 1.82) is 0 Å². The zero-order valence-corrected chi connectivity index (χ0v) is 19.9. The number of rotatable bonds is 8. The predicted molar refractivity (Wildman–Crippen MR) is 140 cm³/mol. The number of phenolic OH excluding ortho intramolecular Hbond substituents is 1. The summed E-state index contributed by atoms with van der Waals surface area (Å²) in [5, 5.41) is 19.9. The Morgan fingerprint density at radius 1 is 0.765 bits per heavy atom. The van der Waals surface area contributed by atoms with Gasteiger partial charge in [0, 0.05) is 12.6 Å². The summed E-state index contributed by atoms with van der Waals surface area (Å²) in [6, 6.07) is 27.9. The predicted octanol–water partition coefficient (Wildman–Crippen LogP) is 6.47. The molecule has 2 N–H and O–H groups in total. The van der Waals surface area contributed by atoms with Gasteiger partial charge in [0.05, 0.1) is 0 Å². The molecule has 3 aromatic carbocycles. The fourth-order valence-electron chi connectivity index (χ4n) is 5.47. The molecule has 2 aliphatic rings. The van der Waals surface area contributed by atoms with Crippen LogP contribution in [0.15, 0.2) is 78.9 Å². The van der Waals surface area contributed by atoms with Gasteiger partial charge in [0.1, 0.15) is 5.75 Å². The average molecular weight is 454 g/mol. The Bertz CT molecular complexity index is 1120. The number of piperidine rings is 1. The largest absolute Gasteiger partial charge is 0.508 e. The van der Waals surface area contributed by atoms with Crippen LogP contribution in [0, 0.1) is 0 Å². The second-order valence-electron chi connectivity index (χ2n) is 9.76. The molecule has 34 heavy (non-hydrogen) atoms. The molecule has 1 saturated carbocycles. The number of aliphatic hydroxyl groups excluding tert-OH is 1. The first-order valence-electron chi connectivity index (χ1n) is 12.8. The van der Waals surface area contributed by atoms with E-state index in [9.17, 15) is 10.2 Å². The van der Waals surface area contributed by atoms with E-state index < -0.39 is 0 Å². The molecule has 3 aromatic rings. The van der Waals surface area contributed by atoms with E-state index in [1.165, 1.54) is 55.5 Å². The van der Waals surface area contributed by atoms with Crippen molar-refractivity contribution in [3.8, 4) is 5.75 Å². The Hall–Kier alpha value is -2.88. The third-order valence-electron chi connectivity index (χ3n) is 7.38. The molecule has 0 atom stereocenters. The number of hydrogen-bond acceptors (Lipinski definition) is 3. The second kappa shape index (κ2) is 10.6. The molecule has 176 valence electrons. The van der Waals surface area contributed by atoms with Gasteiger partial charge in [0.25, 0.3) is 0 Å². The number of allylic oxidation sites excluding steroid dienone is 1. The maximum atomic E-state index is 10.3. The molecular formula is C31H35NO2. The smallest absolute Gasteiger partial charge is 0.116 e. The van der Waals surface area contributed by atoms with Gasteiger partial charge in [0.2, 0.25) is 0 Å². The van der Waals surface area contributed by atoms with E-state index in [1.807, 2.05) is 18.2 Å². The van der Waals surface area contributed by atoms with Crippen molar-refractivity contribution in [2.45, 2.75) is 50.5 Å². The van der Waals surface area contributed by atoms with E-state index in [1.54, 1.807) is 6.07 Å². The fraction of sp³-hybridized carbons (Fsp3) is 0.355. The highest BCUT2D eigenvalue weighted by atomic mass is 16.3. The molecule has 2 fully saturated rings. The summed E-state index contributed by atoms with van der Waals surface area (Å²) < 4.78 is 0. The van der Waals surface area contributed by atoms with Crippen molar-refractivity contribution in [2.75, 3.05) is 19.7 Å². The van der Waals surface area contributed by atoms with Crippen LogP contribution in [0.3, 0.4) is 0 Å². The van der Waals surface area contributed by atoms with Gasteiger partial charge in [-0.2, -0.15) is 0 Å². The van der Waals surface area contributed by atoms with Crippen molar-refractivity contribution in [1.82, 2.24) is 4.90 Å². The molecule has 0 radical (unpaired) electrons. The first-order chi connectivity index (χ1) is 16.7. The SMILES string of the molecule is OCCC/C(=C(\c1cccc(O)c1)c1cccc(C2CCN(C3CC3)CC2)c1)c1ccccc1. The lowest BCUT2D eigenvalue weighted by molar-refractivity contribution is 0.203. The highest BCUT2D eigenvalue weighted by Crippen LogP contribution is 2.39. The lowest BCUT2D eigenvalue weighted by Crippen LogP contribution is -2.34. The molecule has 1 saturated heterocycles. The molecule has 0 amide bonds. The van der Waals surface area contributed by atoms with Crippen molar-refractivity contribution in [3.05, 3.63) is 101 Å². The van der Waals surface area contributed by atoms with E-state index >= 15 is 0 Å². The van der Waals surface area contributed by atoms with Crippen molar-refractivity contribution in [3.63, 3.8) is 0 Å². The number of aromatic hydroxyl groups is 1. The van der Waals surface area contributed by atoms with Gasteiger partial charge in [0.15, 0.2) is 0 Å². The minimum absolute atomic E-state index is 0.156. The van der Waals surface area contributed by atoms with Crippen molar-refractivity contribution >= 4 is 11.1 Å². The number of benzene rings is 3. The topological polar surface area (TPSA) is 43.7 Å². The van der Waals surface area contributed by atoms with Crippen LogP contribution in [0.1, 0.15) is 66.7 Å². The molecule has 1 aliphatic carbocycles. The zero-order chi connectivity index (χ0) is 23.3. The molecule has 0 aromatic heterocycles. The van der Waals surface area contributed by atoms with Crippen LogP contribution < -0.4 is 0 Å². The minimum atomic E-state index is 0.156. The van der Waals surface area contributed by atoms with Gasteiger partial charge in [-0.05, 0) is 103 Å². The lowest BCUT2D eigenvalue weighted by Gasteiger charge is -2.32. The summed E-state index contributed by atoms with van der Waals surface area (Å²) in [5.74, 6) is 0.867. The van der Waals surface area contributed by atoms with Gasteiger partial charge >= 0.3 is 0 Å². The van der Waals surface area contributed by atoms with Gasteiger partial charge in [-0.15, -0.1) is 0 Å². The van der Waals surface area contributed by atoms with Gasteiger partial charge in [-0.3, -0.25) is 0 Å². The fourth-order valence-corrected chi connectivity index (χ4v) is 5.47. The Balaban J connectivity index is 1.57. The molecule has 5 rings (SSSR count). The molecule has 3 heteroatoms. The maximum absolute atomic E-state index is 10.3. The number of likely N-dealkylation sites (tertiary alicyclic amines) is 1. The third-order valence-corrected chi connectivity index (χ3v) is 7.38. The van der Waals surface area contributed by atoms with Crippen LogP contribution in [-0.2, 0) is 0 Å². The van der Waals surface area contributed by atoms with E-state index in [-0.39, 0.29) is 12.4 Å². The minimum Gasteiger partial charge on any atom is -0.508 e. The lowest BCUT2D eigenvalue weighted by atomic mass is 9.84. The zero-order valence-electron chi connectivity index (χ0n) is 19.9. The normalized spacial score (nSPS) is 18.0. The van der Waals surface area contributed by atoms with Gasteiger partial charge in [-0.1, -0.05) is 66.7 Å². The summed E-state index contributed by atoms with van der Waals surface area (Å²) >= 11 is 0. The van der Waals surface area contributed by atoms with Crippen LogP contribution in [0.2, 0.25) is 0 Å². The Kier molecular flexibility index (Phi) is 7.13. The third kappa shape index (κ3) is 5.27. The molecule has 0 spiro atoms. The highest BCUT2D eigenvalue weighted by Gasteiger charge is 2.32. The number of phenols is 1. The van der Waals surface area contributed by atoms with Gasteiger partial charge < -0.3 is 15.1 Å². The number of nitrogens with zero attached hydrogens (tertiary/aromatic N) is 1. The molecular weight excluding hydrogens is 418 g/mol. The summed E-state index contributed by atoms with van der Waals surface area (Å²) in [6.07, 6.45) is 6.69. The average Bonchev–Trinajstić information content (AvgIpc) is 3.73. The molecule has 1 heterocycles. The molecule has 1 aliphatic heterocycles. The molecule has 0 unspecified atom stereocenters. The summed E-state index contributed by atoms with van der Waals surface area (Å²) in [7, 11) is 0. The van der Waals surface area contributed by atoms with E-state index in [0.717, 1.165) is 29.2 Å². The number of hydrogen-bond donors (Lipinski definition) is 2. The standard InChI is InChI=1S/C31H35NO2/c33-20-6-13-30(24-7-2-1-3-8-24)31(27-11-5-12-29(34)22-27)26-10-4-9-25(21-26)23-16-18-32(19-17-23)28-14-15-28/h1-5,7-12,21-23,28,33-34H,6,13-20H2/b31-30+. The first-order valence-corrected chi connectivity index (χ1v) is 12.8. The van der Waals surface area contributed by atoms with Crippen molar-refractivity contribution in [2.24, 2.45) is 0 Å². The quantitative estimate of drug-likeness (QED) is 0.384. The van der Waals surface area contributed by atoms with Crippen LogP contribution in [-0.4, -0.2) is 40.9 Å². The van der Waals surface area contributed by atoms with E-state index in [2.05, 4.69) is 59.5 Å². The second-order valence-corrected chi connectivity index (χ2v) is 9.76. The van der Waals surface area contributed by atoms with Gasteiger partial charge in [-0.25, -0.2) is 0 Å². The molecule has 3 nitrogen and oxygen atoms in total. The molecule has 0 bridgehead atoms. The summed E-state index contributed by atoms with van der Waals surface area (Å²) in [4.78, 5) is 2.68. The van der Waals surface area contributed by atoms with Crippen molar-refractivity contribution < 1.29 is 10.2 Å². The van der Waals surface area contributed by atoms with Crippen LogP contribution in [0.5, 0.6) is 5.75 Å². The Morgan fingerprint density at radius 2 is 1.44 bits per heavy atom. The first kappa shape index (κ1) is 22.9. The monoisotopic (exact) mass is 453 g/mol. The summed E-state index contributed by atoms with van der Waals surface area (Å²) in [6.45, 7) is 2.57. The Labute approximate surface area is 203 Å². The highest BCUT2D eigenvalue weighted by molar-refractivity contribution is 5.98. The Morgan fingerprint density at radius 3 is 2.12 bits per heavy atom. The van der Waals surface area contributed by atoms with Crippen LogP contribution in [0.25, 0.3) is 11.1 Å². The van der Waals surface area contributed by atoms with E-state index in [4.69, 9.17) is 0 Å². The van der Waals surface area contributed by atoms with E-state index in [0.29, 0.717) is 12.3 Å². The summed E-state index contributed by atoms with van der Waals surface area (Å²) in [5.41, 5.74) is 7.13. The van der Waals surface area contributed by atoms with Crippen LogP contribution >= 0.6 is 0 Å². The number of aliphatic hydroxyl groups is 1. The maximum Gasteiger partial charge on any atom is 0.116 e. The van der Waals surface area contributed by atoms with Crippen LogP contribution in [0.4, 0.5) is 0 Å².